The minimum atomic E-state index is -0.740. The van der Waals surface area contributed by atoms with Crippen LogP contribution in [0.2, 0.25) is 0 Å². The van der Waals surface area contributed by atoms with Crippen molar-refractivity contribution in [2.75, 3.05) is 21.3 Å². The van der Waals surface area contributed by atoms with Gasteiger partial charge in [0.1, 0.15) is 5.22 Å². The third-order valence-corrected chi connectivity index (χ3v) is 4.22. The maximum Gasteiger partial charge on any atom is 0.193 e. The van der Waals surface area contributed by atoms with Crippen molar-refractivity contribution < 1.29 is 14.2 Å². The van der Waals surface area contributed by atoms with Crippen LogP contribution in [0.25, 0.3) is 0 Å². The van der Waals surface area contributed by atoms with E-state index in [1.54, 1.807) is 27.4 Å². The lowest BCUT2D eigenvalue weighted by atomic mass is 10.1. The normalized spacial score (nSPS) is 17.3. The Morgan fingerprint density at radius 2 is 1.58 bits per heavy atom. The van der Waals surface area contributed by atoms with Gasteiger partial charge in [-0.05, 0) is 6.92 Å². The van der Waals surface area contributed by atoms with E-state index in [1.807, 2.05) is 6.92 Å². The van der Waals surface area contributed by atoms with Gasteiger partial charge in [-0.25, -0.2) is 0 Å². The molecule has 0 bridgehead atoms. The maximum atomic E-state index is 5.33. The molecule has 0 aromatic rings. The predicted octanol–water partition coefficient (Wildman–Crippen LogP) is -0.111. The molecule has 3 nitrogen and oxygen atoms in total. The largest absolute Gasteiger partial charge is 0.373 e. The van der Waals surface area contributed by atoms with Crippen LogP contribution in [0.4, 0.5) is 0 Å². The van der Waals surface area contributed by atoms with Crippen LogP contribution in [0.5, 0.6) is 0 Å². The molecule has 0 aromatic heterocycles. The van der Waals surface area contributed by atoms with Crippen molar-refractivity contribution in [3.63, 3.8) is 0 Å². The Morgan fingerprint density at radius 3 is 1.67 bits per heavy atom. The number of methoxy groups -OCH3 is 3. The van der Waals surface area contributed by atoms with Crippen LogP contribution in [-0.2, 0) is 14.2 Å². The van der Waals surface area contributed by atoms with E-state index >= 15 is 0 Å². The summed E-state index contributed by atoms with van der Waals surface area (Å²) < 4.78 is 15.8. The molecule has 0 aliphatic carbocycles. The first-order valence-corrected chi connectivity index (χ1v) is 4.78. The Bertz CT molecular complexity index is 156. The zero-order valence-electron chi connectivity index (χ0n) is 8.51. The van der Waals surface area contributed by atoms with Crippen molar-refractivity contribution in [3.05, 3.63) is 12.7 Å². The van der Waals surface area contributed by atoms with Crippen molar-refractivity contribution in [3.8, 4) is 0 Å². The van der Waals surface area contributed by atoms with Gasteiger partial charge < -0.3 is 14.2 Å². The third kappa shape index (κ3) is 1.77. The lowest BCUT2D eigenvalue weighted by Gasteiger charge is -2.41. The van der Waals surface area contributed by atoms with E-state index in [1.165, 1.54) is 0 Å². The molecule has 0 rings (SSSR count). The molecule has 72 valence electrons. The zero-order valence-corrected chi connectivity index (χ0v) is 10.5. The zero-order chi connectivity index (χ0) is 9.83. The van der Waals surface area contributed by atoms with Gasteiger partial charge in [0.25, 0.3) is 0 Å². The SMILES string of the molecule is C=CC([SiH3])(OC)C(C)(OC)OC. The van der Waals surface area contributed by atoms with E-state index in [9.17, 15) is 0 Å². The predicted molar refractivity (Wildman–Crippen MR) is 52.3 cm³/mol. The highest BCUT2D eigenvalue weighted by Crippen LogP contribution is 2.27. The number of hydrogen-bond donors (Lipinski definition) is 0. The molecule has 0 aromatic carbocycles. The summed E-state index contributed by atoms with van der Waals surface area (Å²) >= 11 is 0. The van der Waals surface area contributed by atoms with Crippen molar-refractivity contribution in [2.45, 2.75) is 17.9 Å². The summed E-state index contributed by atoms with van der Waals surface area (Å²) in [5, 5.41) is -0.503. The standard InChI is InChI=1S/C8H18O3Si/c1-6-8(12,11-5)7(2,9-3)10-4/h6H,1H2,2-5,12H3. The van der Waals surface area contributed by atoms with E-state index in [-0.39, 0.29) is 0 Å². The van der Waals surface area contributed by atoms with Crippen molar-refractivity contribution in [2.24, 2.45) is 0 Å². The minimum Gasteiger partial charge on any atom is -0.373 e. The van der Waals surface area contributed by atoms with E-state index in [4.69, 9.17) is 14.2 Å². The summed E-state index contributed by atoms with van der Waals surface area (Å²) in [4.78, 5) is 0. The number of rotatable bonds is 5. The van der Waals surface area contributed by atoms with Gasteiger partial charge in [0.2, 0.25) is 0 Å². The fraction of sp³-hybridized carbons (Fsp3) is 0.750. The average molecular weight is 190 g/mol. The van der Waals surface area contributed by atoms with Crippen LogP contribution in [0, 0.1) is 0 Å². The topological polar surface area (TPSA) is 27.7 Å². The van der Waals surface area contributed by atoms with E-state index in [0.29, 0.717) is 0 Å². The Balaban J connectivity index is 4.78. The summed E-state index contributed by atoms with van der Waals surface area (Å²) in [5.41, 5.74) is 0. The van der Waals surface area contributed by atoms with Gasteiger partial charge in [-0.15, -0.1) is 6.58 Å². The second kappa shape index (κ2) is 4.18. The Hall–Kier alpha value is -0.163. The van der Waals surface area contributed by atoms with Crippen LogP contribution in [0.15, 0.2) is 12.7 Å². The van der Waals surface area contributed by atoms with Crippen molar-refractivity contribution in [1.82, 2.24) is 0 Å². The fourth-order valence-corrected chi connectivity index (χ4v) is 1.35. The highest BCUT2D eigenvalue weighted by Gasteiger charge is 2.43. The second-order valence-corrected chi connectivity index (χ2v) is 4.35. The Labute approximate surface area is 77.1 Å². The van der Waals surface area contributed by atoms with Crippen LogP contribution < -0.4 is 0 Å². The fourth-order valence-electron chi connectivity index (χ4n) is 0.943. The first-order valence-electron chi connectivity index (χ1n) is 3.78. The van der Waals surface area contributed by atoms with Crippen LogP contribution in [0.3, 0.4) is 0 Å². The summed E-state index contributed by atoms with van der Waals surface area (Å²) in [7, 11) is 5.58. The molecule has 0 radical (unpaired) electrons. The summed E-state index contributed by atoms with van der Waals surface area (Å²) in [6.07, 6.45) is 1.73. The monoisotopic (exact) mass is 190 g/mol. The molecule has 0 spiro atoms. The number of ether oxygens (including phenoxy) is 3. The molecule has 12 heavy (non-hydrogen) atoms. The van der Waals surface area contributed by atoms with Crippen LogP contribution >= 0.6 is 0 Å². The number of hydrogen-bond acceptors (Lipinski definition) is 3. The quantitative estimate of drug-likeness (QED) is 0.344. The molecular weight excluding hydrogens is 172 g/mol. The van der Waals surface area contributed by atoms with Crippen molar-refractivity contribution in [1.29, 1.82) is 0 Å². The first kappa shape index (κ1) is 11.8. The van der Waals surface area contributed by atoms with E-state index < -0.39 is 11.0 Å². The highest BCUT2D eigenvalue weighted by molar-refractivity contribution is 6.16. The molecule has 0 saturated heterocycles. The van der Waals surface area contributed by atoms with Gasteiger partial charge in [-0.1, -0.05) is 6.08 Å². The van der Waals surface area contributed by atoms with Gasteiger partial charge in [0, 0.05) is 21.3 Å². The van der Waals surface area contributed by atoms with E-state index in [2.05, 4.69) is 6.58 Å². The Kier molecular flexibility index (Phi) is 4.12. The lowest BCUT2D eigenvalue weighted by Crippen LogP contribution is -2.55. The van der Waals surface area contributed by atoms with E-state index in [0.717, 1.165) is 10.2 Å². The van der Waals surface area contributed by atoms with Gasteiger partial charge in [-0.3, -0.25) is 0 Å². The molecule has 1 atom stereocenters. The minimum absolute atomic E-state index is 0.503. The van der Waals surface area contributed by atoms with Gasteiger partial charge in [0.05, 0.1) is 10.2 Å². The molecule has 0 fully saturated rings. The van der Waals surface area contributed by atoms with Gasteiger partial charge >= 0.3 is 0 Å². The molecule has 0 heterocycles. The molecule has 0 amide bonds. The molecule has 1 unspecified atom stereocenters. The summed E-state index contributed by atoms with van der Waals surface area (Å²) in [5.74, 6) is -0.740. The summed E-state index contributed by atoms with van der Waals surface area (Å²) in [6.45, 7) is 5.55. The molecule has 0 aliphatic rings. The molecular formula is C8H18O3Si. The molecule has 0 saturated carbocycles. The second-order valence-electron chi connectivity index (χ2n) is 2.87. The summed E-state index contributed by atoms with van der Waals surface area (Å²) in [6, 6.07) is 0. The molecule has 4 heteroatoms. The smallest absolute Gasteiger partial charge is 0.193 e. The van der Waals surface area contributed by atoms with Crippen LogP contribution in [0.1, 0.15) is 6.92 Å². The van der Waals surface area contributed by atoms with Crippen molar-refractivity contribution >= 4 is 10.2 Å². The third-order valence-electron chi connectivity index (χ3n) is 2.49. The lowest BCUT2D eigenvalue weighted by molar-refractivity contribution is -0.255. The maximum absolute atomic E-state index is 5.33. The first-order chi connectivity index (χ1) is 5.49. The van der Waals surface area contributed by atoms with Crippen LogP contribution in [-0.4, -0.2) is 42.6 Å². The average Bonchev–Trinajstić information content (AvgIpc) is 2.15. The van der Waals surface area contributed by atoms with Gasteiger partial charge in [-0.2, -0.15) is 0 Å². The molecule has 0 aliphatic heterocycles. The highest BCUT2D eigenvalue weighted by atomic mass is 28.1. The molecule has 0 N–H and O–H groups in total. The van der Waals surface area contributed by atoms with Gasteiger partial charge in [0.15, 0.2) is 5.79 Å². The Morgan fingerprint density at radius 1 is 1.17 bits per heavy atom.